The fourth-order valence-electron chi connectivity index (χ4n) is 1.92. The van der Waals surface area contributed by atoms with Crippen LogP contribution in [0.3, 0.4) is 0 Å². The van der Waals surface area contributed by atoms with E-state index in [1.165, 1.54) is 16.0 Å². The van der Waals surface area contributed by atoms with Crippen LogP contribution in [-0.2, 0) is 6.42 Å². The lowest BCUT2D eigenvalue weighted by Gasteiger charge is -2.20. The fourth-order valence-corrected chi connectivity index (χ4v) is 3.64. The van der Waals surface area contributed by atoms with Crippen molar-refractivity contribution in [1.82, 2.24) is 0 Å². The summed E-state index contributed by atoms with van der Waals surface area (Å²) in [6, 6.07) is 12.0. The Morgan fingerprint density at radius 2 is 1.94 bits per heavy atom. The van der Waals surface area contributed by atoms with E-state index in [4.69, 9.17) is 0 Å². The Kier molecular flexibility index (Phi) is 2.45. The SMILES string of the molecule is Oc1ccc(Br)c2c1Sc1ccccc1C2. The highest BCUT2D eigenvalue weighted by Crippen LogP contribution is 2.46. The Labute approximate surface area is 107 Å². The van der Waals surface area contributed by atoms with Crippen molar-refractivity contribution in [2.45, 2.75) is 16.2 Å². The highest BCUT2D eigenvalue weighted by molar-refractivity contribution is 9.10. The topological polar surface area (TPSA) is 20.2 Å². The van der Waals surface area contributed by atoms with Gasteiger partial charge in [0.1, 0.15) is 5.75 Å². The van der Waals surface area contributed by atoms with E-state index in [1.807, 2.05) is 12.1 Å². The zero-order valence-electron chi connectivity index (χ0n) is 8.40. The minimum absolute atomic E-state index is 0.373. The van der Waals surface area contributed by atoms with Crippen LogP contribution in [0, 0.1) is 0 Å². The number of halogens is 1. The number of hydrogen-bond acceptors (Lipinski definition) is 2. The van der Waals surface area contributed by atoms with E-state index in [1.54, 1.807) is 17.8 Å². The molecule has 2 aromatic rings. The van der Waals surface area contributed by atoms with E-state index >= 15 is 0 Å². The molecule has 16 heavy (non-hydrogen) atoms. The van der Waals surface area contributed by atoms with E-state index in [9.17, 15) is 5.11 Å². The second kappa shape index (κ2) is 3.82. The van der Waals surface area contributed by atoms with Crippen molar-refractivity contribution in [3.8, 4) is 5.75 Å². The Bertz CT molecular complexity index is 516. The minimum Gasteiger partial charge on any atom is -0.507 e. The molecule has 80 valence electrons. The largest absolute Gasteiger partial charge is 0.507 e. The molecule has 1 aliphatic heterocycles. The number of hydrogen-bond donors (Lipinski definition) is 1. The molecule has 0 amide bonds. The van der Waals surface area contributed by atoms with E-state index in [0.29, 0.717) is 5.75 Å². The molecule has 0 fully saturated rings. The first-order valence-corrected chi connectivity index (χ1v) is 6.63. The molecule has 0 spiro atoms. The zero-order chi connectivity index (χ0) is 11.1. The van der Waals surface area contributed by atoms with Crippen LogP contribution in [0.25, 0.3) is 0 Å². The molecule has 0 aromatic heterocycles. The first-order chi connectivity index (χ1) is 7.75. The van der Waals surface area contributed by atoms with Gasteiger partial charge in [-0.25, -0.2) is 0 Å². The second-order valence-corrected chi connectivity index (χ2v) is 5.67. The number of benzene rings is 2. The number of aromatic hydroxyl groups is 1. The molecule has 0 saturated carbocycles. The van der Waals surface area contributed by atoms with E-state index < -0.39 is 0 Å². The maximum Gasteiger partial charge on any atom is 0.129 e. The summed E-state index contributed by atoms with van der Waals surface area (Å²) in [5.41, 5.74) is 2.51. The third-order valence-corrected chi connectivity index (χ3v) is 4.76. The summed E-state index contributed by atoms with van der Waals surface area (Å²) in [7, 11) is 0. The van der Waals surface area contributed by atoms with Crippen molar-refractivity contribution in [2.24, 2.45) is 0 Å². The predicted octanol–water partition coefficient (Wildman–Crippen LogP) is 4.21. The molecule has 2 aromatic carbocycles. The summed E-state index contributed by atoms with van der Waals surface area (Å²) in [4.78, 5) is 2.22. The fraction of sp³-hybridized carbons (Fsp3) is 0.0769. The molecular formula is C13H9BrOS. The monoisotopic (exact) mass is 292 g/mol. The summed E-state index contributed by atoms with van der Waals surface area (Å²) in [6.07, 6.45) is 0.882. The van der Waals surface area contributed by atoms with Crippen molar-refractivity contribution < 1.29 is 5.11 Å². The summed E-state index contributed by atoms with van der Waals surface area (Å²) in [5, 5.41) is 9.86. The van der Waals surface area contributed by atoms with Gasteiger partial charge in [-0.1, -0.05) is 45.9 Å². The van der Waals surface area contributed by atoms with E-state index in [0.717, 1.165) is 15.8 Å². The number of fused-ring (bicyclic) bond motifs is 2. The molecule has 0 aliphatic carbocycles. The normalized spacial score (nSPS) is 13.1. The highest BCUT2D eigenvalue weighted by Gasteiger charge is 2.20. The molecule has 1 N–H and O–H groups in total. The van der Waals surface area contributed by atoms with Crippen LogP contribution >= 0.6 is 27.7 Å². The Balaban J connectivity index is 2.19. The van der Waals surface area contributed by atoms with Gasteiger partial charge in [0.2, 0.25) is 0 Å². The van der Waals surface area contributed by atoms with Crippen LogP contribution in [0.4, 0.5) is 0 Å². The van der Waals surface area contributed by atoms with Gasteiger partial charge in [0, 0.05) is 15.8 Å². The lowest BCUT2D eigenvalue weighted by Crippen LogP contribution is -2.00. The van der Waals surface area contributed by atoms with Crippen LogP contribution in [0.1, 0.15) is 11.1 Å². The predicted molar refractivity (Wildman–Crippen MR) is 69.2 cm³/mol. The van der Waals surface area contributed by atoms with Gasteiger partial charge in [-0.3, -0.25) is 0 Å². The lowest BCUT2D eigenvalue weighted by molar-refractivity contribution is 0.460. The third-order valence-electron chi connectivity index (χ3n) is 2.73. The third kappa shape index (κ3) is 1.55. The van der Waals surface area contributed by atoms with Gasteiger partial charge in [0.05, 0.1) is 4.90 Å². The van der Waals surface area contributed by atoms with Crippen LogP contribution < -0.4 is 0 Å². The summed E-state index contributed by atoms with van der Waals surface area (Å²) < 4.78 is 1.07. The molecule has 0 unspecified atom stereocenters. The van der Waals surface area contributed by atoms with Crippen LogP contribution in [0.2, 0.25) is 0 Å². The molecule has 3 rings (SSSR count). The minimum atomic E-state index is 0.373. The van der Waals surface area contributed by atoms with Crippen LogP contribution in [0.15, 0.2) is 50.7 Å². The van der Waals surface area contributed by atoms with Crippen molar-refractivity contribution >= 4 is 27.7 Å². The van der Waals surface area contributed by atoms with Crippen molar-refractivity contribution in [2.75, 3.05) is 0 Å². The summed E-state index contributed by atoms with van der Waals surface area (Å²) >= 11 is 5.19. The molecule has 0 bridgehead atoms. The number of rotatable bonds is 0. The van der Waals surface area contributed by atoms with Gasteiger partial charge < -0.3 is 5.11 Å². The average Bonchev–Trinajstić information content (AvgIpc) is 2.32. The molecular weight excluding hydrogens is 284 g/mol. The van der Waals surface area contributed by atoms with Gasteiger partial charge in [-0.15, -0.1) is 0 Å². The molecule has 1 nitrogen and oxygen atoms in total. The van der Waals surface area contributed by atoms with Crippen LogP contribution in [0.5, 0.6) is 5.75 Å². The van der Waals surface area contributed by atoms with Crippen molar-refractivity contribution in [3.63, 3.8) is 0 Å². The van der Waals surface area contributed by atoms with Crippen molar-refractivity contribution in [1.29, 1.82) is 0 Å². The number of phenolic OH excluding ortho intramolecular Hbond substituents is 1. The second-order valence-electron chi connectivity index (χ2n) is 3.76. The first-order valence-electron chi connectivity index (χ1n) is 5.02. The first kappa shape index (κ1) is 10.2. The van der Waals surface area contributed by atoms with Gasteiger partial charge >= 0.3 is 0 Å². The van der Waals surface area contributed by atoms with Crippen molar-refractivity contribution in [3.05, 3.63) is 52.0 Å². The quantitative estimate of drug-likeness (QED) is 0.670. The summed E-state index contributed by atoms with van der Waals surface area (Å²) in [5.74, 6) is 0.373. The van der Waals surface area contributed by atoms with E-state index in [2.05, 4.69) is 34.1 Å². The van der Waals surface area contributed by atoms with Gasteiger partial charge in [0.15, 0.2) is 0 Å². The molecule has 1 heterocycles. The smallest absolute Gasteiger partial charge is 0.129 e. The van der Waals surface area contributed by atoms with Gasteiger partial charge in [-0.05, 0) is 29.3 Å². The lowest BCUT2D eigenvalue weighted by atomic mass is 10.0. The van der Waals surface area contributed by atoms with Gasteiger partial charge in [0.25, 0.3) is 0 Å². The molecule has 3 heteroatoms. The molecule has 0 radical (unpaired) electrons. The Hall–Kier alpha value is -0.930. The maximum atomic E-state index is 9.86. The maximum absolute atomic E-state index is 9.86. The highest BCUT2D eigenvalue weighted by atomic mass is 79.9. The molecule has 0 atom stereocenters. The Morgan fingerprint density at radius 3 is 2.81 bits per heavy atom. The van der Waals surface area contributed by atoms with Gasteiger partial charge in [-0.2, -0.15) is 0 Å². The number of phenols is 1. The molecule has 1 aliphatic rings. The van der Waals surface area contributed by atoms with Crippen LogP contribution in [-0.4, -0.2) is 5.11 Å². The molecule has 0 saturated heterocycles. The Morgan fingerprint density at radius 1 is 1.12 bits per heavy atom. The van der Waals surface area contributed by atoms with E-state index in [-0.39, 0.29) is 0 Å². The average molecular weight is 293 g/mol. The standard InChI is InChI=1S/C13H9BrOS/c14-10-5-6-11(15)13-9(10)7-8-3-1-2-4-12(8)16-13/h1-6,15H,7H2. The summed E-state index contributed by atoms with van der Waals surface area (Å²) in [6.45, 7) is 0. The zero-order valence-corrected chi connectivity index (χ0v) is 10.8.